The molecule has 0 N–H and O–H groups in total. The molecule has 0 amide bonds. The average Bonchev–Trinajstić information content (AvgIpc) is 3.01. The van der Waals surface area contributed by atoms with E-state index >= 15 is 0 Å². The number of carbonyl (C=O) groups is 1. The van der Waals surface area contributed by atoms with Crippen LogP contribution in [0.1, 0.15) is 151 Å². The third-order valence-electron chi connectivity index (χ3n) is 9.95. The molecule has 2 aromatic rings. The van der Waals surface area contributed by atoms with Crippen LogP contribution in [0.2, 0.25) is 0 Å². The summed E-state index contributed by atoms with van der Waals surface area (Å²) in [5.74, 6) is 4.50. The Morgan fingerprint density at radius 3 is 1.88 bits per heavy atom. The number of unbranched alkanes of at least 4 members (excludes halogenated alkanes) is 4. The molecule has 4 rings (SSSR count). The molecule has 2 atom stereocenters. The Bertz CT molecular complexity index is 987. The normalized spacial score (nSPS) is 22.8. The standard InChI is InChI=1S/C38H56O3/c1-3-5-7-12-30-17-19-33(20-18-30)34-21-27-37(28-22-34)41-38(39)35-23-25-36(26-24-35)40-29-11-16-32-15-10-9-14-31(32)13-8-6-4-2/h21-28,30-33H,3-20,29H2,1-2H3. The zero-order valence-electron chi connectivity index (χ0n) is 26.1. The predicted molar refractivity (Wildman–Crippen MR) is 171 cm³/mol. The highest BCUT2D eigenvalue weighted by molar-refractivity contribution is 5.91. The number of ether oxygens (including phenoxy) is 2. The van der Waals surface area contributed by atoms with Gasteiger partial charge in [0.2, 0.25) is 0 Å². The highest BCUT2D eigenvalue weighted by Crippen LogP contribution is 2.38. The highest BCUT2D eigenvalue weighted by atomic mass is 16.5. The maximum Gasteiger partial charge on any atom is 0.343 e. The Morgan fingerprint density at radius 2 is 1.24 bits per heavy atom. The Kier molecular flexibility index (Phi) is 13.6. The number of rotatable bonds is 16. The summed E-state index contributed by atoms with van der Waals surface area (Å²) in [5, 5.41) is 0. The minimum Gasteiger partial charge on any atom is -0.494 e. The molecule has 2 saturated carbocycles. The van der Waals surface area contributed by atoms with Gasteiger partial charge in [0.25, 0.3) is 0 Å². The lowest BCUT2D eigenvalue weighted by atomic mass is 9.74. The SMILES string of the molecule is CCCCCC1CCC(c2ccc(OC(=O)c3ccc(OCCCC4CCCCC4CCCCC)cc3)cc2)CC1. The smallest absolute Gasteiger partial charge is 0.343 e. The molecule has 0 spiro atoms. The number of esters is 1. The second-order valence-corrected chi connectivity index (χ2v) is 13.0. The van der Waals surface area contributed by atoms with E-state index in [0.29, 0.717) is 17.2 Å². The van der Waals surface area contributed by atoms with Crippen LogP contribution < -0.4 is 9.47 Å². The van der Waals surface area contributed by atoms with Gasteiger partial charge in [0.1, 0.15) is 11.5 Å². The Morgan fingerprint density at radius 1 is 0.659 bits per heavy atom. The molecule has 3 nitrogen and oxygen atoms in total. The van der Waals surface area contributed by atoms with Crippen LogP contribution in [0.4, 0.5) is 0 Å². The summed E-state index contributed by atoms with van der Waals surface area (Å²) in [4.78, 5) is 12.8. The molecule has 41 heavy (non-hydrogen) atoms. The molecule has 3 heteroatoms. The van der Waals surface area contributed by atoms with Crippen LogP contribution in [0.25, 0.3) is 0 Å². The first-order valence-electron chi connectivity index (χ1n) is 17.2. The summed E-state index contributed by atoms with van der Waals surface area (Å²) in [6, 6.07) is 15.6. The molecule has 0 saturated heterocycles. The molecule has 0 radical (unpaired) electrons. The number of benzene rings is 2. The van der Waals surface area contributed by atoms with Crippen LogP contribution in [0.5, 0.6) is 11.5 Å². The van der Waals surface area contributed by atoms with Crippen molar-refractivity contribution in [3.63, 3.8) is 0 Å². The zero-order chi connectivity index (χ0) is 28.7. The first-order chi connectivity index (χ1) is 20.2. The van der Waals surface area contributed by atoms with E-state index in [1.807, 2.05) is 36.4 Å². The van der Waals surface area contributed by atoms with Gasteiger partial charge >= 0.3 is 5.97 Å². The third-order valence-corrected chi connectivity index (χ3v) is 9.95. The van der Waals surface area contributed by atoms with E-state index in [4.69, 9.17) is 9.47 Å². The maximum atomic E-state index is 12.8. The number of carbonyl (C=O) groups excluding carboxylic acids is 1. The Balaban J connectivity index is 1.15. The fourth-order valence-electron chi connectivity index (χ4n) is 7.37. The molecular formula is C38H56O3. The van der Waals surface area contributed by atoms with Gasteiger partial charge in [-0.1, -0.05) is 103 Å². The van der Waals surface area contributed by atoms with Gasteiger partial charge in [0.05, 0.1) is 12.2 Å². The summed E-state index contributed by atoms with van der Waals surface area (Å²) in [6.45, 7) is 5.32. The lowest BCUT2D eigenvalue weighted by molar-refractivity contribution is 0.0734. The Labute approximate surface area is 250 Å². The van der Waals surface area contributed by atoms with Crippen molar-refractivity contribution in [2.75, 3.05) is 6.61 Å². The largest absolute Gasteiger partial charge is 0.494 e. The average molecular weight is 561 g/mol. The van der Waals surface area contributed by atoms with Crippen molar-refractivity contribution in [2.24, 2.45) is 17.8 Å². The van der Waals surface area contributed by atoms with Crippen LogP contribution >= 0.6 is 0 Å². The van der Waals surface area contributed by atoms with Crippen molar-refractivity contribution >= 4 is 5.97 Å². The molecular weight excluding hydrogens is 504 g/mol. The van der Waals surface area contributed by atoms with Gasteiger partial charge in [-0.2, -0.15) is 0 Å². The van der Waals surface area contributed by atoms with Crippen molar-refractivity contribution < 1.29 is 14.3 Å². The molecule has 2 aliphatic rings. The highest BCUT2D eigenvalue weighted by Gasteiger charge is 2.24. The third kappa shape index (κ3) is 10.5. The van der Waals surface area contributed by atoms with E-state index < -0.39 is 0 Å². The molecule has 2 unspecified atom stereocenters. The molecule has 2 aliphatic carbocycles. The van der Waals surface area contributed by atoms with E-state index in [1.165, 1.54) is 115 Å². The fraction of sp³-hybridized carbons (Fsp3) is 0.658. The predicted octanol–water partition coefficient (Wildman–Crippen LogP) is 11.3. The van der Waals surface area contributed by atoms with Crippen molar-refractivity contribution in [3.8, 4) is 11.5 Å². The first kappa shape index (κ1) is 31.6. The van der Waals surface area contributed by atoms with Crippen LogP contribution in [-0.2, 0) is 0 Å². The van der Waals surface area contributed by atoms with Gasteiger partial charge in [-0.05, 0) is 104 Å². The summed E-state index contributed by atoms with van der Waals surface area (Å²) in [6.07, 6.45) is 24.3. The van der Waals surface area contributed by atoms with Gasteiger partial charge in [0, 0.05) is 0 Å². The van der Waals surface area contributed by atoms with E-state index in [2.05, 4.69) is 26.0 Å². The van der Waals surface area contributed by atoms with Gasteiger partial charge in [-0.15, -0.1) is 0 Å². The summed E-state index contributed by atoms with van der Waals surface area (Å²) in [5.41, 5.74) is 1.94. The van der Waals surface area contributed by atoms with Gasteiger partial charge in [0.15, 0.2) is 0 Å². The van der Waals surface area contributed by atoms with Crippen LogP contribution in [0.3, 0.4) is 0 Å². The lowest BCUT2D eigenvalue weighted by Gasteiger charge is -2.31. The first-order valence-corrected chi connectivity index (χ1v) is 17.2. The summed E-state index contributed by atoms with van der Waals surface area (Å²) in [7, 11) is 0. The molecule has 2 aromatic carbocycles. The van der Waals surface area contributed by atoms with E-state index in [0.717, 1.165) is 36.5 Å². The monoisotopic (exact) mass is 560 g/mol. The quantitative estimate of drug-likeness (QED) is 0.116. The number of hydrogen-bond donors (Lipinski definition) is 0. The topological polar surface area (TPSA) is 35.5 Å². The molecule has 0 bridgehead atoms. The van der Waals surface area contributed by atoms with Crippen molar-refractivity contribution in [2.45, 2.75) is 135 Å². The van der Waals surface area contributed by atoms with Crippen molar-refractivity contribution in [1.82, 2.24) is 0 Å². The molecule has 2 fully saturated rings. The Hall–Kier alpha value is -2.29. The summed E-state index contributed by atoms with van der Waals surface area (Å²) >= 11 is 0. The molecule has 226 valence electrons. The zero-order valence-corrected chi connectivity index (χ0v) is 26.1. The van der Waals surface area contributed by atoms with E-state index in [1.54, 1.807) is 0 Å². The number of hydrogen-bond acceptors (Lipinski definition) is 3. The van der Waals surface area contributed by atoms with Gasteiger partial charge in [-0.3, -0.25) is 0 Å². The molecule has 0 aromatic heterocycles. The van der Waals surface area contributed by atoms with Crippen LogP contribution in [0, 0.1) is 17.8 Å². The second kappa shape index (κ2) is 17.6. The second-order valence-electron chi connectivity index (χ2n) is 13.0. The van der Waals surface area contributed by atoms with Gasteiger partial charge in [-0.25, -0.2) is 4.79 Å². The minimum atomic E-state index is -0.316. The lowest BCUT2D eigenvalue weighted by Crippen LogP contribution is -2.20. The van der Waals surface area contributed by atoms with Crippen molar-refractivity contribution in [1.29, 1.82) is 0 Å². The van der Waals surface area contributed by atoms with E-state index in [9.17, 15) is 4.79 Å². The molecule has 0 aliphatic heterocycles. The maximum absolute atomic E-state index is 12.8. The van der Waals surface area contributed by atoms with Crippen LogP contribution in [0.15, 0.2) is 48.5 Å². The van der Waals surface area contributed by atoms with E-state index in [-0.39, 0.29) is 5.97 Å². The fourth-order valence-corrected chi connectivity index (χ4v) is 7.37. The van der Waals surface area contributed by atoms with Gasteiger partial charge < -0.3 is 9.47 Å². The summed E-state index contributed by atoms with van der Waals surface area (Å²) < 4.78 is 11.7. The minimum absolute atomic E-state index is 0.316. The van der Waals surface area contributed by atoms with Crippen LogP contribution in [-0.4, -0.2) is 12.6 Å². The van der Waals surface area contributed by atoms with Crippen molar-refractivity contribution in [3.05, 3.63) is 59.7 Å². The molecule has 0 heterocycles.